The summed E-state index contributed by atoms with van der Waals surface area (Å²) in [6.07, 6.45) is 0. The van der Waals surface area contributed by atoms with Crippen molar-refractivity contribution in [2.75, 3.05) is 6.54 Å². The fourth-order valence-corrected chi connectivity index (χ4v) is 0.797. The van der Waals surface area contributed by atoms with Crippen molar-refractivity contribution in [3.05, 3.63) is 35.9 Å². The quantitative estimate of drug-likeness (QED) is 0.817. The van der Waals surface area contributed by atoms with Gasteiger partial charge in [-0.25, -0.2) is 0 Å². The summed E-state index contributed by atoms with van der Waals surface area (Å²) in [5.74, 6) is -0.376. The minimum atomic E-state index is -0.376. The van der Waals surface area contributed by atoms with Crippen LogP contribution in [0, 0.1) is 0 Å². The zero-order chi connectivity index (χ0) is 8.81. The van der Waals surface area contributed by atoms with Crippen molar-refractivity contribution in [3.63, 3.8) is 0 Å². The molecule has 0 aromatic heterocycles. The zero-order valence-electron chi connectivity index (χ0n) is 7.10. The molecule has 0 saturated heterocycles. The number of benzene rings is 1. The summed E-state index contributed by atoms with van der Waals surface area (Å²) in [5, 5.41) is 0. The molecule has 0 bridgehead atoms. The number of carbonyl (C=O) groups is 1. The molecule has 0 fully saturated rings. The SMILES string of the molecule is Br.NCC(=O)OCc1ccccc1. The van der Waals surface area contributed by atoms with Gasteiger partial charge in [-0.05, 0) is 5.56 Å². The molecule has 0 amide bonds. The third-order valence-corrected chi connectivity index (χ3v) is 1.41. The third-order valence-electron chi connectivity index (χ3n) is 1.41. The predicted octanol–water partition coefficient (Wildman–Crippen LogP) is 1.27. The monoisotopic (exact) mass is 245 g/mol. The van der Waals surface area contributed by atoms with E-state index in [1.165, 1.54) is 0 Å². The first-order valence-corrected chi connectivity index (χ1v) is 3.72. The van der Waals surface area contributed by atoms with E-state index < -0.39 is 0 Å². The number of carbonyl (C=O) groups excluding carboxylic acids is 1. The van der Waals surface area contributed by atoms with Crippen molar-refractivity contribution in [2.45, 2.75) is 6.61 Å². The Kier molecular flexibility index (Phi) is 6.18. The van der Waals surface area contributed by atoms with E-state index in [0.717, 1.165) is 5.56 Å². The van der Waals surface area contributed by atoms with Gasteiger partial charge in [-0.1, -0.05) is 30.3 Å². The summed E-state index contributed by atoms with van der Waals surface area (Å²) in [7, 11) is 0. The molecule has 1 aromatic carbocycles. The van der Waals surface area contributed by atoms with Crippen molar-refractivity contribution < 1.29 is 9.53 Å². The van der Waals surface area contributed by atoms with E-state index in [0.29, 0.717) is 6.61 Å². The molecule has 72 valence electrons. The maximum Gasteiger partial charge on any atom is 0.320 e. The number of hydrogen-bond donors (Lipinski definition) is 1. The Bertz CT molecular complexity index is 251. The Hall–Kier alpha value is -0.870. The molecular weight excluding hydrogens is 234 g/mol. The number of halogens is 1. The maximum absolute atomic E-state index is 10.6. The Balaban J connectivity index is 0.00000144. The molecule has 0 unspecified atom stereocenters. The molecule has 0 aliphatic rings. The van der Waals surface area contributed by atoms with E-state index in [9.17, 15) is 4.79 Å². The van der Waals surface area contributed by atoms with Gasteiger partial charge in [0, 0.05) is 0 Å². The van der Waals surface area contributed by atoms with Crippen LogP contribution < -0.4 is 5.73 Å². The van der Waals surface area contributed by atoms with Gasteiger partial charge in [0.25, 0.3) is 0 Å². The van der Waals surface area contributed by atoms with Crippen molar-refractivity contribution >= 4 is 23.0 Å². The molecule has 1 aromatic rings. The van der Waals surface area contributed by atoms with E-state index in [4.69, 9.17) is 10.5 Å². The lowest BCUT2D eigenvalue weighted by Gasteiger charge is -2.01. The van der Waals surface area contributed by atoms with E-state index >= 15 is 0 Å². The lowest BCUT2D eigenvalue weighted by molar-refractivity contribution is -0.143. The minimum absolute atomic E-state index is 0. The summed E-state index contributed by atoms with van der Waals surface area (Å²) >= 11 is 0. The normalized spacial score (nSPS) is 8.69. The maximum atomic E-state index is 10.6. The summed E-state index contributed by atoms with van der Waals surface area (Å²) in [5.41, 5.74) is 6.03. The fraction of sp³-hybridized carbons (Fsp3) is 0.222. The molecule has 0 aliphatic carbocycles. The number of esters is 1. The molecular formula is C9H12BrNO2. The third kappa shape index (κ3) is 4.65. The van der Waals surface area contributed by atoms with Crippen LogP contribution in [0.2, 0.25) is 0 Å². The van der Waals surface area contributed by atoms with Crippen molar-refractivity contribution in [1.82, 2.24) is 0 Å². The second-order valence-corrected chi connectivity index (χ2v) is 2.35. The van der Waals surface area contributed by atoms with Gasteiger partial charge < -0.3 is 10.5 Å². The number of nitrogens with two attached hydrogens (primary N) is 1. The molecule has 2 N–H and O–H groups in total. The van der Waals surface area contributed by atoms with Gasteiger partial charge in [-0.2, -0.15) is 0 Å². The molecule has 13 heavy (non-hydrogen) atoms. The average molecular weight is 246 g/mol. The fourth-order valence-electron chi connectivity index (χ4n) is 0.797. The second kappa shape index (κ2) is 6.62. The van der Waals surface area contributed by atoms with Gasteiger partial charge in [0.1, 0.15) is 6.61 Å². The van der Waals surface area contributed by atoms with E-state index in [1.54, 1.807) is 0 Å². The Morgan fingerprint density at radius 2 is 1.92 bits per heavy atom. The minimum Gasteiger partial charge on any atom is -0.460 e. The van der Waals surface area contributed by atoms with Crippen LogP contribution in [-0.4, -0.2) is 12.5 Å². The Labute approximate surface area is 87.7 Å². The first-order valence-electron chi connectivity index (χ1n) is 3.72. The second-order valence-electron chi connectivity index (χ2n) is 2.35. The largest absolute Gasteiger partial charge is 0.460 e. The molecule has 0 aliphatic heterocycles. The average Bonchev–Trinajstić information content (AvgIpc) is 2.16. The molecule has 1 rings (SSSR count). The van der Waals surface area contributed by atoms with Gasteiger partial charge in [0.15, 0.2) is 0 Å². The summed E-state index contributed by atoms with van der Waals surface area (Å²) in [6.45, 7) is 0.240. The lowest BCUT2D eigenvalue weighted by Crippen LogP contribution is -2.16. The molecule has 0 heterocycles. The van der Waals surface area contributed by atoms with E-state index in [2.05, 4.69) is 0 Å². The van der Waals surface area contributed by atoms with Crippen LogP contribution in [0.4, 0.5) is 0 Å². The standard InChI is InChI=1S/C9H11NO2.BrH/c10-6-9(11)12-7-8-4-2-1-3-5-8;/h1-5H,6-7,10H2;1H. The lowest BCUT2D eigenvalue weighted by atomic mass is 10.2. The van der Waals surface area contributed by atoms with E-state index in [-0.39, 0.29) is 29.5 Å². The van der Waals surface area contributed by atoms with Gasteiger partial charge in [-0.15, -0.1) is 17.0 Å². The van der Waals surface area contributed by atoms with Gasteiger partial charge >= 0.3 is 5.97 Å². The van der Waals surface area contributed by atoms with Crippen LogP contribution in [-0.2, 0) is 16.1 Å². The Morgan fingerprint density at radius 1 is 1.31 bits per heavy atom. The molecule has 4 heteroatoms. The summed E-state index contributed by atoms with van der Waals surface area (Å²) in [6, 6.07) is 9.49. The highest BCUT2D eigenvalue weighted by molar-refractivity contribution is 8.93. The topological polar surface area (TPSA) is 52.3 Å². The van der Waals surface area contributed by atoms with Gasteiger partial charge in [0.05, 0.1) is 6.54 Å². The molecule has 3 nitrogen and oxygen atoms in total. The summed E-state index contributed by atoms with van der Waals surface area (Å²) in [4.78, 5) is 10.6. The van der Waals surface area contributed by atoms with Crippen molar-refractivity contribution in [1.29, 1.82) is 0 Å². The predicted molar refractivity (Wildman–Crippen MR) is 55.6 cm³/mol. The van der Waals surface area contributed by atoms with Crippen LogP contribution in [0.15, 0.2) is 30.3 Å². The molecule has 0 spiro atoms. The van der Waals surface area contributed by atoms with Crippen molar-refractivity contribution in [3.8, 4) is 0 Å². The van der Waals surface area contributed by atoms with Gasteiger partial charge in [0.2, 0.25) is 0 Å². The highest BCUT2D eigenvalue weighted by atomic mass is 79.9. The van der Waals surface area contributed by atoms with Crippen LogP contribution in [0.25, 0.3) is 0 Å². The number of ether oxygens (including phenoxy) is 1. The highest BCUT2D eigenvalue weighted by Gasteiger charge is 1.97. The van der Waals surface area contributed by atoms with Crippen LogP contribution >= 0.6 is 17.0 Å². The molecule has 0 saturated carbocycles. The van der Waals surface area contributed by atoms with Crippen molar-refractivity contribution in [2.24, 2.45) is 5.73 Å². The zero-order valence-corrected chi connectivity index (χ0v) is 8.82. The first-order chi connectivity index (χ1) is 5.83. The summed E-state index contributed by atoms with van der Waals surface area (Å²) < 4.78 is 4.81. The van der Waals surface area contributed by atoms with Crippen LogP contribution in [0.3, 0.4) is 0 Å². The van der Waals surface area contributed by atoms with Gasteiger partial charge in [-0.3, -0.25) is 4.79 Å². The highest BCUT2D eigenvalue weighted by Crippen LogP contribution is 1.99. The number of hydrogen-bond acceptors (Lipinski definition) is 3. The Morgan fingerprint density at radius 3 is 2.46 bits per heavy atom. The van der Waals surface area contributed by atoms with Crippen LogP contribution in [0.5, 0.6) is 0 Å². The number of rotatable bonds is 3. The van der Waals surface area contributed by atoms with E-state index in [1.807, 2.05) is 30.3 Å². The molecule has 0 atom stereocenters. The van der Waals surface area contributed by atoms with Crippen LogP contribution in [0.1, 0.15) is 5.56 Å². The molecule has 0 radical (unpaired) electrons. The first kappa shape index (κ1) is 12.1. The smallest absolute Gasteiger partial charge is 0.320 e.